The topological polar surface area (TPSA) is 68.2 Å². The van der Waals surface area contributed by atoms with Crippen LogP contribution in [0.2, 0.25) is 0 Å². The summed E-state index contributed by atoms with van der Waals surface area (Å²) >= 11 is 0. The molecule has 0 fully saturated rings. The molecule has 0 bridgehead atoms. The molecule has 0 aliphatic carbocycles. The predicted octanol–water partition coefficient (Wildman–Crippen LogP) is 1.56. The molecule has 0 saturated carbocycles. The molecular formula is C15H23NO5. The third-order valence-corrected chi connectivity index (χ3v) is 3.09. The molecule has 0 spiro atoms. The first-order chi connectivity index (χ1) is 10.1. The molecule has 6 nitrogen and oxygen atoms in total. The Labute approximate surface area is 125 Å². The van der Waals surface area contributed by atoms with Gasteiger partial charge in [0.25, 0.3) is 5.91 Å². The molecule has 0 aliphatic rings. The van der Waals surface area contributed by atoms with Crippen LogP contribution in [0.1, 0.15) is 23.7 Å². The Bertz CT molecular complexity index is 469. The minimum absolute atomic E-state index is 0.0820. The minimum atomic E-state index is -0.205. The summed E-state index contributed by atoms with van der Waals surface area (Å²) in [5.74, 6) is 1.16. The number of carbonyl (C=O) groups is 1. The smallest absolute Gasteiger partial charge is 0.257 e. The van der Waals surface area contributed by atoms with E-state index in [1.807, 2.05) is 6.92 Å². The van der Waals surface area contributed by atoms with Crippen LogP contribution in [0.4, 0.5) is 0 Å². The Morgan fingerprint density at radius 1 is 1.05 bits per heavy atom. The van der Waals surface area contributed by atoms with Crippen LogP contribution >= 0.6 is 0 Å². The van der Waals surface area contributed by atoms with Gasteiger partial charge in [0.15, 0.2) is 11.5 Å². The number of carbonyl (C=O) groups excluding carboxylic acids is 1. The third kappa shape index (κ3) is 4.01. The number of aliphatic hydroxyl groups excluding tert-OH is 1. The Kier molecular flexibility index (Phi) is 6.81. The van der Waals surface area contributed by atoms with Crippen LogP contribution in [-0.4, -0.2) is 56.9 Å². The van der Waals surface area contributed by atoms with E-state index in [2.05, 4.69) is 0 Å². The highest BCUT2D eigenvalue weighted by Crippen LogP contribution is 2.35. The highest BCUT2D eigenvalue weighted by molar-refractivity contribution is 5.97. The van der Waals surface area contributed by atoms with Gasteiger partial charge in [0, 0.05) is 25.2 Å². The predicted molar refractivity (Wildman–Crippen MR) is 79.4 cm³/mol. The van der Waals surface area contributed by atoms with Crippen molar-refractivity contribution in [2.75, 3.05) is 41.0 Å². The van der Waals surface area contributed by atoms with Gasteiger partial charge in [0.2, 0.25) is 0 Å². The number of nitrogens with zero attached hydrogens (tertiary/aromatic N) is 1. The normalized spacial score (nSPS) is 10.1. The summed E-state index contributed by atoms with van der Waals surface area (Å²) in [5, 5.41) is 9.10. The van der Waals surface area contributed by atoms with Crippen molar-refractivity contribution in [2.45, 2.75) is 13.3 Å². The number of ether oxygens (including phenoxy) is 3. The van der Waals surface area contributed by atoms with Crippen molar-refractivity contribution in [1.82, 2.24) is 4.90 Å². The van der Waals surface area contributed by atoms with Crippen LogP contribution in [0.5, 0.6) is 17.2 Å². The van der Waals surface area contributed by atoms with E-state index in [1.54, 1.807) is 17.0 Å². The molecule has 1 aromatic carbocycles. The highest BCUT2D eigenvalue weighted by atomic mass is 16.5. The quantitative estimate of drug-likeness (QED) is 0.788. The van der Waals surface area contributed by atoms with Crippen molar-refractivity contribution in [2.24, 2.45) is 0 Å². The average Bonchev–Trinajstić information content (AvgIpc) is 2.52. The standard InChI is InChI=1S/C15H23NO5/c1-5-6-16(7-8-17)15(18)11-9-13(20-3)14(21-4)10-12(11)19-2/h9-10,17H,5-8H2,1-4H3. The summed E-state index contributed by atoms with van der Waals surface area (Å²) < 4.78 is 15.7. The maximum absolute atomic E-state index is 12.6. The fraction of sp³-hybridized carbons (Fsp3) is 0.533. The van der Waals surface area contributed by atoms with E-state index in [4.69, 9.17) is 19.3 Å². The maximum Gasteiger partial charge on any atom is 0.257 e. The van der Waals surface area contributed by atoms with E-state index >= 15 is 0 Å². The van der Waals surface area contributed by atoms with Crippen LogP contribution in [0.3, 0.4) is 0 Å². The molecule has 0 heterocycles. The zero-order chi connectivity index (χ0) is 15.8. The van der Waals surface area contributed by atoms with Crippen LogP contribution in [0, 0.1) is 0 Å². The molecule has 0 aliphatic heterocycles. The maximum atomic E-state index is 12.6. The second kappa shape index (κ2) is 8.36. The first kappa shape index (κ1) is 17.1. The van der Waals surface area contributed by atoms with Crippen molar-refractivity contribution < 1.29 is 24.1 Å². The van der Waals surface area contributed by atoms with Crippen LogP contribution in [-0.2, 0) is 0 Å². The molecule has 0 unspecified atom stereocenters. The lowest BCUT2D eigenvalue weighted by atomic mass is 10.1. The monoisotopic (exact) mass is 297 g/mol. The Hall–Kier alpha value is -1.95. The molecule has 1 aromatic rings. The first-order valence-corrected chi connectivity index (χ1v) is 6.83. The van der Waals surface area contributed by atoms with E-state index in [-0.39, 0.29) is 19.1 Å². The van der Waals surface area contributed by atoms with Crippen molar-refractivity contribution in [3.63, 3.8) is 0 Å². The number of rotatable bonds is 8. The van der Waals surface area contributed by atoms with Gasteiger partial charge in [-0.05, 0) is 6.42 Å². The average molecular weight is 297 g/mol. The number of hydrogen-bond donors (Lipinski definition) is 1. The van der Waals surface area contributed by atoms with Crippen LogP contribution in [0.25, 0.3) is 0 Å². The lowest BCUT2D eigenvalue weighted by Crippen LogP contribution is -2.34. The Balaban J connectivity index is 3.22. The summed E-state index contributed by atoms with van der Waals surface area (Å²) in [6, 6.07) is 3.22. The molecular weight excluding hydrogens is 274 g/mol. The van der Waals surface area contributed by atoms with Crippen LogP contribution in [0.15, 0.2) is 12.1 Å². The van der Waals surface area contributed by atoms with Gasteiger partial charge in [-0.1, -0.05) is 6.92 Å². The van der Waals surface area contributed by atoms with Gasteiger partial charge in [-0.25, -0.2) is 0 Å². The molecule has 0 aromatic heterocycles. The second-order valence-corrected chi connectivity index (χ2v) is 4.42. The number of methoxy groups -OCH3 is 3. The molecule has 6 heteroatoms. The zero-order valence-corrected chi connectivity index (χ0v) is 13.0. The summed E-state index contributed by atoms with van der Waals surface area (Å²) in [5.41, 5.74) is 0.386. The van der Waals surface area contributed by atoms with Gasteiger partial charge >= 0.3 is 0 Å². The summed E-state index contributed by atoms with van der Waals surface area (Å²) in [6.45, 7) is 2.74. The minimum Gasteiger partial charge on any atom is -0.496 e. The molecule has 21 heavy (non-hydrogen) atoms. The van der Waals surface area contributed by atoms with Gasteiger partial charge in [-0.15, -0.1) is 0 Å². The molecule has 1 N–H and O–H groups in total. The highest BCUT2D eigenvalue weighted by Gasteiger charge is 2.22. The van der Waals surface area contributed by atoms with Crippen molar-refractivity contribution >= 4 is 5.91 Å². The van der Waals surface area contributed by atoms with E-state index in [0.717, 1.165) is 6.42 Å². The van der Waals surface area contributed by atoms with E-state index in [0.29, 0.717) is 29.4 Å². The fourth-order valence-electron chi connectivity index (χ4n) is 2.07. The Morgan fingerprint density at radius 3 is 2.10 bits per heavy atom. The zero-order valence-electron chi connectivity index (χ0n) is 13.0. The van der Waals surface area contributed by atoms with Gasteiger partial charge in [0.05, 0.1) is 33.5 Å². The second-order valence-electron chi connectivity index (χ2n) is 4.42. The molecule has 0 atom stereocenters. The van der Waals surface area contributed by atoms with Crippen molar-refractivity contribution in [3.8, 4) is 17.2 Å². The van der Waals surface area contributed by atoms with Gasteiger partial charge in [-0.3, -0.25) is 4.79 Å². The lowest BCUT2D eigenvalue weighted by molar-refractivity contribution is 0.0718. The number of benzene rings is 1. The number of amides is 1. The first-order valence-electron chi connectivity index (χ1n) is 6.83. The van der Waals surface area contributed by atoms with Gasteiger partial charge in [0.1, 0.15) is 5.75 Å². The fourth-order valence-corrected chi connectivity index (χ4v) is 2.07. The van der Waals surface area contributed by atoms with Gasteiger partial charge in [-0.2, -0.15) is 0 Å². The number of hydrogen-bond acceptors (Lipinski definition) is 5. The summed E-state index contributed by atoms with van der Waals surface area (Å²) in [4.78, 5) is 14.2. The molecule has 118 valence electrons. The third-order valence-electron chi connectivity index (χ3n) is 3.09. The van der Waals surface area contributed by atoms with E-state index in [9.17, 15) is 4.79 Å². The summed E-state index contributed by atoms with van der Waals surface area (Å²) in [7, 11) is 4.53. The largest absolute Gasteiger partial charge is 0.496 e. The van der Waals surface area contributed by atoms with Crippen LogP contribution < -0.4 is 14.2 Å². The van der Waals surface area contributed by atoms with Gasteiger partial charge < -0.3 is 24.2 Å². The molecule has 1 amide bonds. The molecule has 1 rings (SSSR count). The molecule has 0 saturated heterocycles. The Morgan fingerprint density at radius 2 is 1.62 bits per heavy atom. The van der Waals surface area contributed by atoms with Crippen molar-refractivity contribution in [1.29, 1.82) is 0 Å². The SMILES string of the molecule is CCCN(CCO)C(=O)c1cc(OC)c(OC)cc1OC. The summed E-state index contributed by atoms with van der Waals surface area (Å²) in [6.07, 6.45) is 0.807. The number of aliphatic hydroxyl groups is 1. The van der Waals surface area contributed by atoms with E-state index < -0.39 is 0 Å². The van der Waals surface area contributed by atoms with Crippen molar-refractivity contribution in [3.05, 3.63) is 17.7 Å². The molecule has 0 radical (unpaired) electrons. The lowest BCUT2D eigenvalue weighted by Gasteiger charge is -2.23. The van der Waals surface area contributed by atoms with E-state index in [1.165, 1.54) is 21.3 Å².